The molecule has 8 heteroatoms. The van der Waals surface area contributed by atoms with Crippen molar-refractivity contribution < 1.29 is 19.0 Å². The highest BCUT2D eigenvalue weighted by atomic mass is 16.5. The number of hydrogen-bond donors (Lipinski definition) is 0. The Labute approximate surface area is 198 Å². The minimum Gasteiger partial charge on any atom is -0.497 e. The van der Waals surface area contributed by atoms with Crippen LogP contribution in [0.1, 0.15) is 16.2 Å². The smallest absolute Gasteiger partial charge is 0.293 e. The van der Waals surface area contributed by atoms with E-state index in [1.54, 1.807) is 38.0 Å². The number of ether oxygens (including phenoxy) is 3. The Morgan fingerprint density at radius 1 is 0.882 bits per heavy atom. The number of nitrogens with zero attached hydrogens (tertiary/aromatic N) is 4. The molecule has 34 heavy (non-hydrogen) atoms. The highest BCUT2D eigenvalue weighted by Gasteiger charge is 2.22. The third kappa shape index (κ3) is 4.71. The van der Waals surface area contributed by atoms with Crippen LogP contribution < -0.4 is 14.2 Å². The summed E-state index contributed by atoms with van der Waals surface area (Å²) in [5.74, 6) is 2.28. The Hall–Kier alpha value is -4.33. The SMILES string of the molecule is COc1cccc(-c2nc(C(=O)N(C)Cc3ccc(OC)c(OC)c3)nn2-c2ccccc2)c1. The van der Waals surface area contributed by atoms with Gasteiger partial charge >= 0.3 is 0 Å². The fourth-order valence-corrected chi connectivity index (χ4v) is 3.60. The second kappa shape index (κ2) is 10.1. The van der Waals surface area contributed by atoms with Crippen LogP contribution in [0.4, 0.5) is 0 Å². The van der Waals surface area contributed by atoms with Gasteiger partial charge in [-0.15, -0.1) is 5.10 Å². The van der Waals surface area contributed by atoms with E-state index in [4.69, 9.17) is 14.2 Å². The van der Waals surface area contributed by atoms with E-state index in [1.165, 1.54) is 0 Å². The van der Waals surface area contributed by atoms with Gasteiger partial charge in [-0.2, -0.15) is 0 Å². The summed E-state index contributed by atoms with van der Waals surface area (Å²) >= 11 is 0. The van der Waals surface area contributed by atoms with Gasteiger partial charge < -0.3 is 19.1 Å². The van der Waals surface area contributed by atoms with Crippen molar-refractivity contribution in [1.29, 1.82) is 0 Å². The van der Waals surface area contributed by atoms with Crippen LogP contribution in [0.15, 0.2) is 72.8 Å². The van der Waals surface area contributed by atoms with Crippen molar-refractivity contribution in [3.63, 3.8) is 0 Å². The second-order valence-corrected chi connectivity index (χ2v) is 7.59. The Morgan fingerprint density at radius 3 is 2.35 bits per heavy atom. The first-order chi connectivity index (χ1) is 16.5. The van der Waals surface area contributed by atoms with Gasteiger partial charge in [-0.3, -0.25) is 4.79 Å². The van der Waals surface area contributed by atoms with Crippen molar-refractivity contribution >= 4 is 5.91 Å². The molecule has 0 N–H and O–H groups in total. The highest BCUT2D eigenvalue weighted by Crippen LogP contribution is 2.28. The molecule has 0 fully saturated rings. The summed E-state index contributed by atoms with van der Waals surface area (Å²) in [6.45, 7) is 0.355. The molecule has 0 radical (unpaired) electrons. The van der Waals surface area contributed by atoms with Crippen LogP contribution in [-0.2, 0) is 6.54 Å². The number of methoxy groups -OCH3 is 3. The lowest BCUT2D eigenvalue weighted by atomic mass is 10.2. The van der Waals surface area contributed by atoms with Gasteiger partial charge in [0.15, 0.2) is 17.3 Å². The van der Waals surface area contributed by atoms with Crippen LogP contribution in [0.25, 0.3) is 17.1 Å². The first kappa shape index (κ1) is 22.8. The van der Waals surface area contributed by atoms with E-state index in [0.717, 1.165) is 16.8 Å². The normalized spacial score (nSPS) is 10.6. The maximum absolute atomic E-state index is 13.3. The minimum absolute atomic E-state index is 0.102. The van der Waals surface area contributed by atoms with Gasteiger partial charge in [-0.1, -0.05) is 36.4 Å². The number of amides is 1. The second-order valence-electron chi connectivity index (χ2n) is 7.59. The predicted octanol–water partition coefficient (Wildman–Crippen LogP) is 4.23. The molecule has 1 heterocycles. The zero-order valence-electron chi connectivity index (χ0n) is 19.6. The van der Waals surface area contributed by atoms with Crippen LogP contribution >= 0.6 is 0 Å². The maximum atomic E-state index is 13.3. The van der Waals surface area contributed by atoms with Gasteiger partial charge in [0.1, 0.15) is 5.75 Å². The zero-order chi connectivity index (χ0) is 24.1. The van der Waals surface area contributed by atoms with Crippen LogP contribution in [0.3, 0.4) is 0 Å². The number of para-hydroxylation sites is 1. The summed E-state index contributed by atoms with van der Waals surface area (Å²) < 4.78 is 17.7. The molecule has 0 saturated heterocycles. The fraction of sp³-hybridized carbons (Fsp3) is 0.192. The molecule has 0 saturated carbocycles. The Balaban J connectivity index is 1.67. The standard InChI is InChI=1S/C26H26N4O4/c1-29(17-18-13-14-22(33-3)23(15-18)34-4)26(31)24-27-25(19-9-8-12-21(16-19)32-2)30(28-24)20-10-6-5-7-11-20/h5-16H,17H2,1-4H3. The van der Waals surface area contributed by atoms with Gasteiger partial charge in [-0.05, 0) is 42.0 Å². The molecule has 1 aromatic heterocycles. The van der Waals surface area contributed by atoms with Crippen molar-refractivity contribution in [2.45, 2.75) is 6.54 Å². The van der Waals surface area contributed by atoms with Gasteiger partial charge in [0, 0.05) is 19.2 Å². The third-order valence-corrected chi connectivity index (χ3v) is 5.34. The Kier molecular flexibility index (Phi) is 6.77. The molecule has 0 aliphatic rings. The molecule has 1 amide bonds. The van der Waals surface area contributed by atoms with E-state index < -0.39 is 0 Å². The number of benzene rings is 3. The fourth-order valence-electron chi connectivity index (χ4n) is 3.60. The molecule has 0 aliphatic carbocycles. The molecular weight excluding hydrogens is 432 g/mol. The first-order valence-corrected chi connectivity index (χ1v) is 10.7. The Bertz CT molecular complexity index is 1290. The lowest BCUT2D eigenvalue weighted by Crippen LogP contribution is -2.27. The predicted molar refractivity (Wildman–Crippen MR) is 129 cm³/mol. The zero-order valence-corrected chi connectivity index (χ0v) is 19.6. The van der Waals surface area contributed by atoms with Gasteiger partial charge in [0.2, 0.25) is 5.82 Å². The number of hydrogen-bond acceptors (Lipinski definition) is 6. The Morgan fingerprint density at radius 2 is 1.65 bits per heavy atom. The molecule has 4 aromatic rings. The molecule has 0 unspecified atom stereocenters. The molecule has 4 rings (SSSR count). The highest BCUT2D eigenvalue weighted by molar-refractivity contribution is 5.91. The topological polar surface area (TPSA) is 78.7 Å². The molecule has 3 aromatic carbocycles. The van der Waals surface area contributed by atoms with Crippen molar-refractivity contribution in [3.8, 4) is 34.3 Å². The summed E-state index contributed by atoms with van der Waals surface area (Å²) in [7, 11) is 6.49. The average molecular weight is 459 g/mol. The summed E-state index contributed by atoms with van der Waals surface area (Å²) in [6.07, 6.45) is 0. The molecular formula is C26H26N4O4. The number of carbonyl (C=O) groups is 1. The summed E-state index contributed by atoms with van der Waals surface area (Å²) in [4.78, 5) is 19.5. The molecule has 0 bridgehead atoms. The number of rotatable bonds is 8. The van der Waals surface area contributed by atoms with Crippen molar-refractivity contribution in [1.82, 2.24) is 19.7 Å². The van der Waals surface area contributed by atoms with Crippen LogP contribution in [0, 0.1) is 0 Å². The van der Waals surface area contributed by atoms with Gasteiger partial charge in [0.25, 0.3) is 5.91 Å². The maximum Gasteiger partial charge on any atom is 0.293 e. The molecule has 0 atom stereocenters. The van der Waals surface area contributed by atoms with E-state index in [9.17, 15) is 4.79 Å². The van der Waals surface area contributed by atoms with E-state index in [0.29, 0.717) is 29.6 Å². The van der Waals surface area contributed by atoms with Crippen molar-refractivity contribution in [3.05, 3.63) is 84.2 Å². The summed E-state index contributed by atoms with van der Waals surface area (Å²) in [6, 6.07) is 22.7. The van der Waals surface area contributed by atoms with E-state index in [2.05, 4.69) is 10.1 Å². The number of carbonyl (C=O) groups excluding carboxylic acids is 1. The van der Waals surface area contributed by atoms with Crippen LogP contribution in [-0.4, -0.2) is 53.9 Å². The molecule has 0 spiro atoms. The number of aromatic nitrogens is 3. The lowest BCUT2D eigenvalue weighted by molar-refractivity contribution is 0.0773. The van der Waals surface area contributed by atoms with Crippen molar-refractivity contribution in [2.75, 3.05) is 28.4 Å². The van der Waals surface area contributed by atoms with E-state index >= 15 is 0 Å². The monoisotopic (exact) mass is 458 g/mol. The first-order valence-electron chi connectivity index (χ1n) is 10.7. The lowest BCUT2D eigenvalue weighted by Gasteiger charge is -2.16. The average Bonchev–Trinajstić information content (AvgIpc) is 3.34. The van der Waals surface area contributed by atoms with E-state index in [1.807, 2.05) is 72.8 Å². The quantitative estimate of drug-likeness (QED) is 0.393. The summed E-state index contributed by atoms with van der Waals surface area (Å²) in [5, 5.41) is 4.56. The minimum atomic E-state index is -0.298. The molecule has 8 nitrogen and oxygen atoms in total. The van der Waals surface area contributed by atoms with Gasteiger partial charge in [0.05, 0.1) is 27.0 Å². The van der Waals surface area contributed by atoms with Crippen LogP contribution in [0.2, 0.25) is 0 Å². The summed E-state index contributed by atoms with van der Waals surface area (Å²) in [5.41, 5.74) is 2.48. The third-order valence-electron chi connectivity index (χ3n) is 5.34. The molecule has 174 valence electrons. The van der Waals surface area contributed by atoms with Crippen molar-refractivity contribution in [2.24, 2.45) is 0 Å². The van der Waals surface area contributed by atoms with Crippen LogP contribution in [0.5, 0.6) is 17.2 Å². The molecule has 0 aliphatic heterocycles. The largest absolute Gasteiger partial charge is 0.497 e. The van der Waals surface area contributed by atoms with Gasteiger partial charge in [-0.25, -0.2) is 9.67 Å². The van der Waals surface area contributed by atoms with E-state index in [-0.39, 0.29) is 11.7 Å².